The first-order valence-electron chi connectivity index (χ1n) is 8.08. The van der Waals surface area contributed by atoms with Crippen molar-refractivity contribution in [3.8, 4) is 10.4 Å². The SMILES string of the molecule is CCn1c(SC[C@@H]2CCCO2)nc2scc(-c3cccs3)c2c1=O. The van der Waals surface area contributed by atoms with Crippen molar-refractivity contribution in [1.82, 2.24) is 9.55 Å². The third kappa shape index (κ3) is 2.94. The van der Waals surface area contributed by atoms with Crippen LogP contribution in [0, 0.1) is 0 Å². The Morgan fingerprint density at radius 2 is 2.38 bits per heavy atom. The number of thiophene rings is 2. The molecule has 1 aliphatic rings. The number of hydrogen-bond acceptors (Lipinski definition) is 6. The molecule has 3 aromatic rings. The Labute approximate surface area is 152 Å². The smallest absolute Gasteiger partial charge is 0.263 e. The fourth-order valence-corrected chi connectivity index (χ4v) is 5.88. The lowest BCUT2D eigenvalue weighted by molar-refractivity contribution is 0.129. The average molecular weight is 379 g/mol. The molecular formula is C17H18N2O2S3. The molecule has 0 bridgehead atoms. The van der Waals surface area contributed by atoms with Crippen molar-refractivity contribution in [2.45, 2.75) is 37.6 Å². The van der Waals surface area contributed by atoms with Crippen LogP contribution in [0.4, 0.5) is 0 Å². The molecule has 1 atom stereocenters. The Morgan fingerprint density at radius 3 is 3.08 bits per heavy atom. The molecule has 126 valence electrons. The molecule has 4 nitrogen and oxygen atoms in total. The first-order valence-corrected chi connectivity index (χ1v) is 10.8. The van der Waals surface area contributed by atoms with E-state index in [2.05, 4.69) is 11.4 Å². The zero-order chi connectivity index (χ0) is 16.5. The summed E-state index contributed by atoms with van der Waals surface area (Å²) in [5.74, 6) is 0.862. The van der Waals surface area contributed by atoms with Crippen LogP contribution in [0.15, 0.2) is 32.8 Å². The van der Waals surface area contributed by atoms with Gasteiger partial charge in [-0.1, -0.05) is 17.8 Å². The van der Waals surface area contributed by atoms with Gasteiger partial charge in [0.05, 0.1) is 11.5 Å². The highest BCUT2D eigenvalue weighted by molar-refractivity contribution is 7.99. The van der Waals surface area contributed by atoms with Crippen LogP contribution in [0.5, 0.6) is 0 Å². The summed E-state index contributed by atoms with van der Waals surface area (Å²) in [7, 11) is 0. The van der Waals surface area contributed by atoms with E-state index in [1.807, 2.05) is 18.4 Å². The topological polar surface area (TPSA) is 44.1 Å². The van der Waals surface area contributed by atoms with Crippen LogP contribution in [-0.4, -0.2) is 28.0 Å². The highest BCUT2D eigenvalue weighted by Gasteiger charge is 2.20. The molecule has 0 amide bonds. The molecule has 0 N–H and O–H groups in total. The molecule has 1 aliphatic heterocycles. The second kappa shape index (κ2) is 7.00. The standard InChI is InChI=1S/C17H18N2O2S3/c1-2-19-16(20)14-12(13-6-4-8-22-13)10-23-15(14)18-17(19)24-9-11-5-3-7-21-11/h4,6,8,10-11H,2-3,5,7,9H2,1H3/t11-/m0/s1. The maximum Gasteiger partial charge on any atom is 0.263 e. The molecule has 24 heavy (non-hydrogen) atoms. The predicted molar refractivity (Wildman–Crippen MR) is 103 cm³/mol. The van der Waals surface area contributed by atoms with Gasteiger partial charge in [0, 0.05) is 34.7 Å². The van der Waals surface area contributed by atoms with Crippen molar-refractivity contribution in [2.75, 3.05) is 12.4 Å². The van der Waals surface area contributed by atoms with Crippen LogP contribution in [-0.2, 0) is 11.3 Å². The van der Waals surface area contributed by atoms with Crippen molar-refractivity contribution < 1.29 is 4.74 Å². The van der Waals surface area contributed by atoms with E-state index in [0.29, 0.717) is 6.54 Å². The van der Waals surface area contributed by atoms with E-state index in [-0.39, 0.29) is 11.7 Å². The number of hydrogen-bond donors (Lipinski definition) is 0. The minimum atomic E-state index is 0.0713. The Morgan fingerprint density at radius 1 is 1.46 bits per heavy atom. The number of fused-ring (bicyclic) bond motifs is 1. The number of thioether (sulfide) groups is 1. The largest absolute Gasteiger partial charge is 0.377 e. The molecule has 4 rings (SSSR count). The second-order valence-electron chi connectivity index (χ2n) is 5.70. The summed E-state index contributed by atoms with van der Waals surface area (Å²) in [6.07, 6.45) is 2.53. The first-order chi connectivity index (χ1) is 11.8. The average Bonchev–Trinajstić information content (AvgIpc) is 3.32. The van der Waals surface area contributed by atoms with Crippen molar-refractivity contribution in [1.29, 1.82) is 0 Å². The normalized spacial score (nSPS) is 17.8. The van der Waals surface area contributed by atoms with E-state index < -0.39 is 0 Å². The monoisotopic (exact) mass is 378 g/mol. The van der Waals surface area contributed by atoms with Crippen LogP contribution in [0.3, 0.4) is 0 Å². The van der Waals surface area contributed by atoms with Crippen molar-refractivity contribution >= 4 is 44.7 Å². The molecule has 4 heterocycles. The van der Waals surface area contributed by atoms with E-state index >= 15 is 0 Å². The molecule has 7 heteroatoms. The molecule has 0 aliphatic carbocycles. The fraction of sp³-hybridized carbons (Fsp3) is 0.412. The fourth-order valence-electron chi connectivity index (χ4n) is 2.95. The number of ether oxygens (including phenoxy) is 1. The Hall–Kier alpha value is -1.15. The number of rotatable bonds is 5. The molecular weight excluding hydrogens is 360 g/mol. The van der Waals surface area contributed by atoms with Crippen LogP contribution in [0.2, 0.25) is 0 Å². The zero-order valence-electron chi connectivity index (χ0n) is 13.4. The van der Waals surface area contributed by atoms with Gasteiger partial charge in [0.1, 0.15) is 4.83 Å². The van der Waals surface area contributed by atoms with E-state index in [4.69, 9.17) is 9.72 Å². The summed E-state index contributed by atoms with van der Waals surface area (Å²) in [4.78, 5) is 19.8. The second-order valence-corrected chi connectivity index (χ2v) is 8.49. The quantitative estimate of drug-likeness (QED) is 0.485. The van der Waals surface area contributed by atoms with E-state index in [1.54, 1.807) is 39.0 Å². The van der Waals surface area contributed by atoms with Gasteiger partial charge < -0.3 is 4.74 Å². The molecule has 0 radical (unpaired) electrons. The van der Waals surface area contributed by atoms with Gasteiger partial charge in [-0.2, -0.15) is 0 Å². The van der Waals surface area contributed by atoms with Gasteiger partial charge in [0.15, 0.2) is 5.16 Å². The zero-order valence-corrected chi connectivity index (χ0v) is 15.8. The van der Waals surface area contributed by atoms with E-state index in [9.17, 15) is 4.79 Å². The summed E-state index contributed by atoms with van der Waals surface area (Å²) in [5, 5.41) is 5.66. The van der Waals surface area contributed by atoms with Crippen LogP contribution in [0.25, 0.3) is 20.7 Å². The highest BCUT2D eigenvalue weighted by Crippen LogP contribution is 2.34. The van der Waals surface area contributed by atoms with Gasteiger partial charge in [-0.05, 0) is 31.2 Å². The molecule has 0 spiro atoms. The summed E-state index contributed by atoms with van der Waals surface area (Å²) in [5.41, 5.74) is 1.09. The predicted octanol–water partition coefficient (Wildman–Crippen LogP) is 4.48. The lowest BCUT2D eigenvalue weighted by atomic mass is 10.2. The van der Waals surface area contributed by atoms with Crippen molar-refractivity contribution in [3.05, 3.63) is 33.2 Å². The summed E-state index contributed by atoms with van der Waals surface area (Å²) in [6.45, 7) is 3.49. The van der Waals surface area contributed by atoms with Crippen molar-refractivity contribution in [2.24, 2.45) is 0 Å². The summed E-state index contributed by atoms with van der Waals surface area (Å²) in [6, 6.07) is 4.07. The summed E-state index contributed by atoms with van der Waals surface area (Å²) >= 11 is 4.85. The van der Waals surface area contributed by atoms with E-state index in [1.165, 1.54) is 0 Å². The third-order valence-electron chi connectivity index (χ3n) is 4.18. The first kappa shape index (κ1) is 16.3. The van der Waals surface area contributed by atoms with E-state index in [0.717, 1.165) is 51.0 Å². The lowest BCUT2D eigenvalue weighted by Gasteiger charge is -2.12. The van der Waals surface area contributed by atoms with Gasteiger partial charge >= 0.3 is 0 Å². The number of aromatic nitrogens is 2. The molecule has 1 fully saturated rings. The molecule has 3 aromatic heterocycles. The maximum atomic E-state index is 13.0. The molecule has 0 saturated carbocycles. The van der Waals surface area contributed by atoms with Crippen LogP contribution < -0.4 is 5.56 Å². The van der Waals surface area contributed by atoms with Crippen molar-refractivity contribution in [3.63, 3.8) is 0 Å². The maximum absolute atomic E-state index is 13.0. The summed E-state index contributed by atoms with van der Waals surface area (Å²) < 4.78 is 7.48. The minimum Gasteiger partial charge on any atom is -0.377 e. The molecule has 1 saturated heterocycles. The lowest BCUT2D eigenvalue weighted by Crippen LogP contribution is -2.23. The van der Waals surface area contributed by atoms with Gasteiger partial charge in [-0.15, -0.1) is 22.7 Å². The highest BCUT2D eigenvalue weighted by atomic mass is 32.2. The van der Waals surface area contributed by atoms with Crippen LogP contribution in [0.1, 0.15) is 19.8 Å². The van der Waals surface area contributed by atoms with Gasteiger partial charge in [-0.25, -0.2) is 4.98 Å². The Balaban J connectivity index is 1.74. The van der Waals surface area contributed by atoms with Gasteiger partial charge in [0.2, 0.25) is 0 Å². The van der Waals surface area contributed by atoms with Crippen LogP contribution >= 0.6 is 34.4 Å². The third-order valence-corrected chi connectivity index (χ3v) is 7.07. The number of nitrogens with zero attached hydrogens (tertiary/aromatic N) is 2. The Bertz CT molecular complexity index is 893. The minimum absolute atomic E-state index is 0.0713. The molecule has 0 aromatic carbocycles. The van der Waals surface area contributed by atoms with Gasteiger partial charge in [-0.3, -0.25) is 9.36 Å². The van der Waals surface area contributed by atoms with Gasteiger partial charge in [0.25, 0.3) is 5.56 Å². The Kier molecular flexibility index (Phi) is 4.76. The molecule has 0 unspecified atom stereocenters.